The second-order valence-corrected chi connectivity index (χ2v) is 5.24. The number of aromatic nitrogens is 1. The van der Waals surface area contributed by atoms with Gasteiger partial charge in [-0.3, -0.25) is 9.59 Å². The summed E-state index contributed by atoms with van der Waals surface area (Å²) in [6.45, 7) is 6.38. The van der Waals surface area contributed by atoms with Gasteiger partial charge in [0.25, 0.3) is 0 Å². The monoisotopic (exact) mass is 277 g/mol. The highest BCUT2D eigenvalue weighted by Gasteiger charge is 2.06. The van der Waals surface area contributed by atoms with Gasteiger partial charge >= 0.3 is 0 Å². The molecule has 0 aliphatic rings. The molecule has 1 rings (SSSR count). The Morgan fingerprint density at radius 3 is 2.60 bits per heavy atom. The Balaban J connectivity index is 2.22. The Bertz CT molecular complexity index is 458. The number of carbonyl (C=O) groups excluding carboxylic acids is 2. The molecule has 0 saturated heterocycles. The second-order valence-electron chi connectivity index (χ2n) is 5.24. The molecule has 0 aliphatic heterocycles. The zero-order valence-corrected chi connectivity index (χ0v) is 12.4. The predicted octanol–water partition coefficient (Wildman–Crippen LogP) is 2.27. The van der Waals surface area contributed by atoms with E-state index >= 15 is 0 Å². The molecule has 0 unspecified atom stereocenters. The van der Waals surface area contributed by atoms with E-state index in [1.54, 1.807) is 6.07 Å². The maximum absolute atomic E-state index is 11.7. The number of hydrogen-bond donors (Lipinski definition) is 2. The lowest BCUT2D eigenvalue weighted by Crippen LogP contribution is -2.27. The van der Waals surface area contributed by atoms with Crippen molar-refractivity contribution in [3.05, 3.63) is 23.9 Å². The molecular weight excluding hydrogens is 254 g/mol. The molecule has 0 bridgehead atoms. The van der Waals surface area contributed by atoms with Gasteiger partial charge in [0, 0.05) is 25.1 Å². The van der Waals surface area contributed by atoms with Crippen molar-refractivity contribution in [2.24, 2.45) is 5.92 Å². The first kappa shape index (κ1) is 16.1. The molecule has 0 fully saturated rings. The van der Waals surface area contributed by atoms with Crippen LogP contribution in [0.1, 0.15) is 38.8 Å². The molecule has 1 heterocycles. The fourth-order valence-corrected chi connectivity index (χ4v) is 1.64. The minimum absolute atomic E-state index is 0.000167. The summed E-state index contributed by atoms with van der Waals surface area (Å²) < 4.78 is 0. The van der Waals surface area contributed by atoms with E-state index in [9.17, 15) is 9.59 Å². The van der Waals surface area contributed by atoms with E-state index in [1.165, 1.54) is 0 Å². The molecule has 5 nitrogen and oxygen atoms in total. The van der Waals surface area contributed by atoms with Crippen molar-refractivity contribution in [1.82, 2.24) is 10.3 Å². The molecule has 0 saturated carbocycles. The Morgan fingerprint density at radius 1 is 1.20 bits per heavy atom. The molecule has 0 aliphatic carbocycles. The first-order valence-corrected chi connectivity index (χ1v) is 6.97. The van der Waals surface area contributed by atoms with Gasteiger partial charge in [0.15, 0.2) is 0 Å². The normalized spacial score (nSPS) is 10.4. The standard InChI is InChI=1S/C15H23N3O2/c1-11(2)7-8-14(19)16-10-9-15(20)18-13-6-4-5-12(3)17-13/h4-6,11H,7-10H2,1-3H3,(H,16,19)(H,17,18,20). The van der Waals surface area contributed by atoms with Crippen molar-refractivity contribution in [2.75, 3.05) is 11.9 Å². The highest BCUT2D eigenvalue weighted by Crippen LogP contribution is 2.04. The lowest BCUT2D eigenvalue weighted by Gasteiger charge is -2.07. The highest BCUT2D eigenvalue weighted by molar-refractivity contribution is 5.90. The third kappa shape index (κ3) is 6.87. The first-order valence-electron chi connectivity index (χ1n) is 6.97. The minimum atomic E-state index is -0.146. The van der Waals surface area contributed by atoms with Crippen LogP contribution in [0.3, 0.4) is 0 Å². The van der Waals surface area contributed by atoms with Gasteiger partial charge < -0.3 is 10.6 Å². The average Bonchev–Trinajstić information content (AvgIpc) is 2.36. The van der Waals surface area contributed by atoms with E-state index in [0.717, 1.165) is 12.1 Å². The SMILES string of the molecule is Cc1cccc(NC(=O)CCNC(=O)CCC(C)C)n1. The summed E-state index contributed by atoms with van der Waals surface area (Å²) in [6.07, 6.45) is 1.63. The Labute approximate surface area is 120 Å². The summed E-state index contributed by atoms with van der Waals surface area (Å²) in [6, 6.07) is 5.45. The Morgan fingerprint density at radius 2 is 1.95 bits per heavy atom. The van der Waals surface area contributed by atoms with Crippen molar-refractivity contribution in [1.29, 1.82) is 0 Å². The summed E-state index contributed by atoms with van der Waals surface area (Å²) in [5, 5.41) is 5.45. The van der Waals surface area contributed by atoms with Crippen LogP contribution in [0.25, 0.3) is 0 Å². The van der Waals surface area contributed by atoms with Crippen molar-refractivity contribution in [3.8, 4) is 0 Å². The molecule has 0 radical (unpaired) electrons. The van der Waals surface area contributed by atoms with E-state index in [0.29, 0.717) is 24.7 Å². The summed E-state index contributed by atoms with van der Waals surface area (Å²) in [7, 11) is 0. The first-order chi connectivity index (χ1) is 9.47. The van der Waals surface area contributed by atoms with Crippen molar-refractivity contribution in [2.45, 2.75) is 40.0 Å². The van der Waals surface area contributed by atoms with Crippen LogP contribution in [0.15, 0.2) is 18.2 Å². The van der Waals surface area contributed by atoms with Crippen LogP contribution in [0.4, 0.5) is 5.82 Å². The van der Waals surface area contributed by atoms with E-state index in [-0.39, 0.29) is 18.2 Å². The third-order valence-electron chi connectivity index (χ3n) is 2.78. The van der Waals surface area contributed by atoms with Crippen LogP contribution in [-0.2, 0) is 9.59 Å². The van der Waals surface area contributed by atoms with Gasteiger partial charge in [-0.05, 0) is 31.4 Å². The van der Waals surface area contributed by atoms with Gasteiger partial charge in [-0.15, -0.1) is 0 Å². The van der Waals surface area contributed by atoms with Gasteiger partial charge in [-0.2, -0.15) is 0 Å². The third-order valence-corrected chi connectivity index (χ3v) is 2.78. The molecule has 0 spiro atoms. The van der Waals surface area contributed by atoms with E-state index in [2.05, 4.69) is 29.5 Å². The lowest BCUT2D eigenvalue weighted by atomic mass is 10.1. The zero-order chi connectivity index (χ0) is 15.0. The van der Waals surface area contributed by atoms with Gasteiger partial charge in [0.05, 0.1) is 0 Å². The molecule has 1 aromatic rings. The number of nitrogens with zero attached hydrogens (tertiary/aromatic N) is 1. The van der Waals surface area contributed by atoms with Crippen LogP contribution in [-0.4, -0.2) is 23.3 Å². The average molecular weight is 277 g/mol. The zero-order valence-electron chi connectivity index (χ0n) is 12.4. The molecular formula is C15H23N3O2. The number of carbonyl (C=O) groups is 2. The quantitative estimate of drug-likeness (QED) is 0.803. The number of nitrogens with one attached hydrogen (secondary N) is 2. The number of anilines is 1. The van der Waals surface area contributed by atoms with E-state index in [4.69, 9.17) is 0 Å². The van der Waals surface area contributed by atoms with Crippen molar-refractivity contribution < 1.29 is 9.59 Å². The topological polar surface area (TPSA) is 71.1 Å². The number of aryl methyl sites for hydroxylation is 1. The summed E-state index contributed by atoms with van der Waals surface area (Å²) in [5.74, 6) is 0.907. The number of pyridine rings is 1. The predicted molar refractivity (Wildman–Crippen MR) is 79.3 cm³/mol. The highest BCUT2D eigenvalue weighted by atomic mass is 16.2. The lowest BCUT2D eigenvalue weighted by molar-refractivity contribution is -0.121. The van der Waals surface area contributed by atoms with Gasteiger partial charge in [0.1, 0.15) is 5.82 Å². The molecule has 110 valence electrons. The van der Waals surface area contributed by atoms with Crippen LogP contribution in [0, 0.1) is 12.8 Å². The summed E-state index contributed by atoms with van der Waals surface area (Å²) in [4.78, 5) is 27.3. The van der Waals surface area contributed by atoms with Gasteiger partial charge in [0.2, 0.25) is 11.8 Å². The summed E-state index contributed by atoms with van der Waals surface area (Å²) >= 11 is 0. The smallest absolute Gasteiger partial charge is 0.227 e. The van der Waals surface area contributed by atoms with Crippen molar-refractivity contribution >= 4 is 17.6 Å². The Hall–Kier alpha value is -1.91. The fraction of sp³-hybridized carbons (Fsp3) is 0.533. The fourth-order valence-electron chi connectivity index (χ4n) is 1.64. The number of hydrogen-bond acceptors (Lipinski definition) is 3. The van der Waals surface area contributed by atoms with Crippen LogP contribution in [0.5, 0.6) is 0 Å². The van der Waals surface area contributed by atoms with E-state index in [1.807, 2.05) is 19.1 Å². The molecule has 20 heavy (non-hydrogen) atoms. The van der Waals surface area contributed by atoms with E-state index < -0.39 is 0 Å². The molecule has 2 amide bonds. The van der Waals surface area contributed by atoms with Crippen LogP contribution >= 0.6 is 0 Å². The molecule has 2 N–H and O–H groups in total. The molecule has 0 aromatic carbocycles. The molecule has 1 aromatic heterocycles. The maximum Gasteiger partial charge on any atom is 0.227 e. The largest absolute Gasteiger partial charge is 0.356 e. The Kier molecular flexibility index (Phi) is 6.70. The van der Waals surface area contributed by atoms with Crippen LogP contribution < -0.4 is 10.6 Å². The molecule has 5 heteroatoms. The second kappa shape index (κ2) is 8.30. The molecule has 0 atom stereocenters. The van der Waals surface area contributed by atoms with Crippen LogP contribution in [0.2, 0.25) is 0 Å². The van der Waals surface area contributed by atoms with Gasteiger partial charge in [-0.1, -0.05) is 19.9 Å². The summed E-state index contributed by atoms with van der Waals surface area (Å²) in [5.41, 5.74) is 0.852. The number of amides is 2. The van der Waals surface area contributed by atoms with Gasteiger partial charge in [-0.25, -0.2) is 4.98 Å². The maximum atomic E-state index is 11.7. The number of rotatable bonds is 7. The van der Waals surface area contributed by atoms with Crippen molar-refractivity contribution in [3.63, 3.8) is 0 Å². The minimum Gasteiger partial charge on any atom is -0.356 e.